The molecule has 0 aliphatic heterocycles. The molecule has 0 amide bonds. The van der Waals surface area contributed by atoms with Gasteiger partial charge in [-0.25, -0.2) is 0 Å². The molecule has 0 saturated heterocycles. The Labute approximate surface area is 108 Å². The average Bonchev–Trinajstić information content (AvgIpc) is 2.26. The van der Waals surface area contributed by atoms with Gasteiger partial charge in [0, 0.05) is 11.7 Å². The van der Waals surface area contributed by atoms with Crippen LogP contribution in [-0.4, -0.2) is 31.6 Å². The van der Waals surface area contributed by atoms with Crippen molar-refractivity contribution in [2.45, 2.75) is 19.4 Å². The fraction of sp³-hybridized carbons (Fsp3) is 0.462. The summed E-state index contributed by atoms with van der Waals surface area (Å²) in [7, 11) is 4.12. The number of nitriles is 1. The Morgan fingerprint density at radius 3 is 2.71 bits per heavy atom. The van der Waals surface area contributed by atoms with Crippen LogP contribution in [0.15, 0.2) is 18.2 Å². The number of anilines is 1. The second-order valence-corrected chi connectivity index (χ2v) is 4.85. The molecule has 0 aromatic heterocycles. The van der Waals surface area contributed by atoms with Gasteiger partial charge in [0.05, 0.1) is 10.6 Å². The van der Waals surface area contributed by atoms with Crippen molar-refractivity contribution in [3.63, 3.8) is 0 Å². The molecule has 17 heavy (non-hydrogen) atoms. The molecule has 0 radical (unpaired) electrons. The smallest absolute Gasteiger partial charge is 0.101 e. The van der Waals surface area contributed by atoms with E-state index in [0.29, 0.717) is 16.6 Å². The van der Waals surface area contributed by atoms with E-state index in [9.17, 15) is 0 Å². The molecule has 1 aromatic carbocycles. The first kappa shape index (κ1) is 13.8. The van der Waals surface area contributed by atoms with Crippen molar-refractivity contribution in [3.05, 3.63) is 28.8 Å². The summed E-state index contributed by atoms with van der Waals surface area (Å²) in [4.78, 5) is 2.16. The Hall–Kier alpha value is -1.24. The molecule has 0 spiro atoms. The van der Waals surface area contributed by atoms with Crippen molar-refractivity contribution in [3.8, 4) is 6.07 Å². The third-order valence-electron chi connectivity index (χ3n) is 2.51. The molecule has 0 fully saturated rings. The third kappa shape index (κ3) is 4.64. The van der Waals surface area contributed by atoms with Gasteiger partial charge in [-0.05, 0) is 52.2 Å². The van der Waals surface area contributed by atoms with E-state index in [1.807, 2.05) is 12.1 Å². The fourth-order valence-corrected chi connectivity index (χ4v) is 1.73. The van der Waals surface area contributed by atoms with Gasteiger partial charge < -0.3 is 10.2 Å². The van der Waals surface area contributed by atoms with Crippen LogP contribution in [0.4, 0.5) is 5.69 Å². The number of hydrogen-bond acceptors (Lipinski definition) is 3. The van der Waals surface area contributed by atoms with E-state index in [2.05, 4.69) is 31.2 Å². The minimum atomic E-state index is 0.376. The second-order valence-electron chi connectivity index (χ2n) is 4.44. The molecular weight excluding hydrogens is 234 g/mol. The Balaban J connectivity index is 2.57. The van der Waals surface area contributed by atoms with E-state index in [0.717, 1.165) is 18.7 Å². The first-order chi connectivity index (χ1) is 8.02. The highest BCUT2D eigenvalue weighted by molar-refractivity contribution is 6.32. The number of halogens is 1. The van der Waals surface area contributed by atoms with Crippen LogP contribution < -0.4 is 5.32 Å². The maximum atomic E-state index is 8.78. The molecule has 0 aliphatic carbocycles. The number of nitrogens with one attached hydrogen (secondary N) is 1. The highest BCUT2D eigenvalue weighted by Crippen LogP contribution is 2.21. The maximum Gasteiger partial charge on any atom is 0.101 e. The van der Waals surface area contributed by atoms with E-state index < -0.39 is 0 Å². The summed E-state index contributed by atoms with van der Waals surface area (Å²) in [5.41, 5.74) is 1.47. The SMILES string of the molecule is CC(CCN(C)C)Nc1ccc(C#N)c(Cl)c1. The topological polar surface area (TPSA) is 39.1 Å². The van der Waals surface area contributed by atoms with Crippen molar-refractivity contribution >= 4 is 17.3 Å². The molecule has 1 atom stereocenters. The zero-order chi connectivity index (χ0) is 12.8. The second kappa shape index (κ2) is 6.48. The normalized spacial score (nSPS) is 12.2. The summed E-state index contributed by atoms with van der Waals surface area (Å²) in [5.74, 6) is 0. The van der Waals surface area contributed by atoms with Crippen LogP contribution >= 0.6 is 11.6 Å². The highest BCUT2D eigenvalue weighted by atomic mass is 35.5. The molecular formula is C13H18ClN3. The third-order valence-corrected chi connectivity index (χ3v) is 2.82. The number of benzene rings is 1. The van der Waals surface area contributed by atoms with Crippen molar-refractivity contribution in [1.82, 2.24) is 4.90 Å². The van der Waals surface area contributed by atoms with Gasteiger partial charge in [-0.1, -0.05) is 11.6 Å². The van der Waals surface area contributed by atoms with Crippen molar-refractivity contribution in [1.29, 1.82) is 5.26 Å². The van der Waals surface area contributed by atoms with E-state index in [4.69, 9.17) is 16.9 Å². The van der Waals surface area contributed by atoms with Gasteiger partial charge in [0.15, 0.2) is 0 Å². The van der Waals surface area contributed by atoms with E-state index in [-0.39, 0.29) is 0 Å². The molecule has 4 heteroatoms. The van der Waals surface area contributed by atoms with Crippen molar-refractivity contribution in [2.75, 3.05) is 26.0 Å². The molecule has 1 N–H and O–H groups in total. The summed E-state index contributed by atoms with van der Waals surface area (Å²) in [5, 5.41) is 12.6. The minimum absolute atomic E-state index is 0.376. The molecule has 0 bridgehead atoms. The molecule has 0 aliphatic rings. The Morgan fingerprint density at radius 1 is 1.47 bits per heavy atom. The van der Waals surface area contributed by atoms with Crippen LogP contribution in [0.1, 0.15) is 18.9 Å². The van der Waals surface area contributed by atoms with Gasteiger partial charge in [-0.3, -0.25) is 0 Å². The van der Waals surface area contributed by atoms with Gasteiger partial charge in [-0.15, -0.1) is 0 Å². The highest BCUT2D eigenvalue weighted by Gasteiger charge is 2.05. The molecule has 0 saturated carbocycles. The molecule has 1 aromatic rings. The zero-order valence-electron chi connectivity index (χ0n) is 10.5. The van der Waals surface area contributed by atoms with Gasteiger partial charge >= 0.3 is 0 Å². The first-order valence-corrected chi connectivity index (χ1v) is 6.01. The van der Waals surface area contributed by atoms with Crippen LogP contribution in [0.25, 0.3) is 0 Å². The summed E-state index contributed by atoms with van der Waals surface area (Å²) in [6.45, 7) is 3.17. The lowest BCUT2D eigenvalue weighted by molar-refractivity contribution is 0.390. The quantitative estimate of drug-likeness (QED) is 0.875. The Kier molecular flexibility index (Phi) is 5.27. The number of hydrogen-bond donors (Lipinski definition) is 1. The van der Waals surface area contributed by atoms with Crippen molar-refractivity contribution < 1.29 is 0 Å². The van der Waals surface area contributed by atoms with Gasteiger partial charge in [-0.2, -0.15) is 5.26 Å². The lowest BCUT2D eigenvalue weighted by Crippen LogP contribution is -2.22. The van der Waals surface area contributed by atoms with E-state index in [1.54, 1.807) is 12.1 Å². The van der Waals surface area contributed by atoms with E-state index >= 15 is 0 Å². The van der Waals surface area contributed by atoms with Crippen LogP contribution in [0.3, 0.4) is 0 Å². The van der Waals surface area contributed by atoms with Gasteiger partial charge in [0.1, 0.15) is 6.07 Å². The predicted molar refractivity (Wildman–Crippen MR) is 72.4 cm³/mol. The number of rotatable bonds is 5. The van der Waals surface area contributed by atoms with Crippen molar-refractivity contribution in [2.24, 2.45) is 0 Å². The molecule has 3 nitrogen and oxygen atoms in total. The van der Waals surface area contributed by atoms with Crippen LogP contribution in [0.2, 0.25) is 5.02 Å². The predicted octanol–water partition coefficient (Wildman–Crippen LogP) is 2.96. The molecule has 92 valence electrons. The molecule has 0 heterocycles. The largest absolute Gasteiger partial charge is 0.382 e. The molecule has 1 unspecified atom stereocenters. The summed E-state index contributed by atoms with van der Waals surface area (Å²) in [6.07, 6.45) is 1.06. The number of nitrogens with zero attached hydrogens (tertiary/aromatic N) is 2. The fourth-order valence-electron chi connectivity index (χ4n) is 1.50. The van der Waals surface area contributed by atoms with Crippen LogP contribution in [-0.2, 0) is 0 Å². The van der Waals surface area contributed by atoms with Crippen LogP contribution in [0, 0.1) is 11.3 Å². The first-order valence-electron chi connectivity index (χ1n) is 5.64. The Bertz CT molecular complexity index is 410. The molecule has 1 rings (SSSR count). The lowest BCUT2D eigenvalue weighted by Gasteiger charge is -2.18. The summed E-state index contributed by atoms with van der Waals surface area (Å²) < 4.78 is 0. The van der Waals surface area contributed by atoms with Gasteiger partial charge in [0.2, 0.25) is 0 Å². The summed E-state index contributed by atoms with van der Waals surface area (Å²) in [6, 6.07) is 7.85. The zero-order valence-corrected chi connectivity index (χ0v) is 11.3. The minimum Gasteiger partial charge on any atom is -0.382 e. The average molecular weight is 252 g/mol. The van der Waals surface area contributed by atoms with Crippen LogP contribution in [0.5, 0.6) is 0 Å². The Morgan fingerprint density at radius 2 is 2.18 bits per heavy atom. The summed E-state index contributed by atoms with van der Waals surface area (Å²) >= 11 is 5.97. The van der Waals surface area contributed by atoms with Gasteiger partial charge in [0.25, 0.3) is 0 Å². The van der Waals surface area contributed by atoms with E-state index in [1.165, 1.54) is 0 Å². The monoisotopic (exact) mass is 251 g/mol. The lowest BCUT2D eigenvalue weighted by atomic mass is 10.2. The standard InChI is InChI=1S/C13H18ClN3/c1-10(6-7-17(2)3)16-12-5-4-11(9-15)13(14)8-12/h4-5,8,10,16H,6-7H2,1-3H3. The maximum absolute atomic E-state index is 8.78.